The minimum Gasteiger partial charge on any atom is -0.471 e. The summed E-state index contributed by atoms with van der Waals surface area (Å²) in [6.45, 7) is 0.154. The van der Waals surface area contributed by atoms with Gasteiger partial charge in [0, 0.05) is 23.3 Å². The molecule has 2 aromatic heterocycles. The molecule has 2 heterocycles. The molecule has 0 aliphatic rings. The lowest BCUT2D eigenvalue weighted by Crippen LogP contribution is -2.33. The van der Waals surface area contributed by atoms with Crippen LogP contribution in [-0.4, -0.2) is 34.2 Å². The van der Waals surface area contributed by atoms with E-state index >= 15 is 0 Å². The highest BCUT2D eigenvalue weighted by molar-refractivity contribution is 7.04. The SMILES string of the molecule is Cc1nscc1C(=O)Nc1ccnc(OCC(F)(F)C(F)F)c1. The molecule has 0 radical (unpaired) electrons. The quantitative estimate of drug-likeness (QED) is 0.812. The van der Waals surface area contributed by atoms with Gasteiger partial charge in [-0.3, -0.25) is 4.79 Å². The van der Waals surface area contributed by atoms with Crippen molar-refractivity contribution in [3.8, 4) is 5.88 Å². The van der Waals surface area contributed by atoms with Crippen LogP contribution in [0.15, 0.2) is 23.7 Å². The normalized spacial score (nSPS) is 11.6. The summed E-state index contributed by atoms with van der Waals surface area (Å²) < 4.78 is 58.2. The van der Waals surface area contributed by atoms with Crippen molar-refractivity contribution in [3.63, 3.8) is 0 Å². The third kappa shape index (κ3) is 4.38. The highest BCUT2D eigenvalue weighted by atomic mass is 32.1. The number of carbonyl (C=O) groups is 1. The molecule has 0 spiro atoms. The first-order valence-corrected chi connectivity index (χ1v) is 7.10. The molecule has 0 aliphatic heterocycles. The summed E-state index contributed by atoms with van der Waals surface area (Å²) in [6, 6.07) is 2.57. The third-order valence-electron chi connectivity index (χ3n) is 2.72. The second-order valence-electron chi connectivity index (χ2n) is 4.50. The highest BCUT2D eigenvalue weighted by Crippen LogP contribution is 2.24. The molecule has 124 valence electrons. The molecule has 10 heteroatoms. The Labute approximate surface area is 132 Å². The van der Waals surface area contributed by atoms with Crippen LogP contribution >= 0.6 is 11.5 Å². The number of hydrogen-bond acceptors (Lipinski definition) is 5. The molecule has 0 aromatic carbocycles. The molecule has 0 saturated heterocycles. The van der Waals surface area contributed by atoms with Crippen LogP contribution in [0.3, 0.4) is 0 Å². The largest absolute Gasteiger partial charge is 0.471 e. The van der Waals surface area contributed by atoms with Crippen LogP contribution in [0.2, 0.25) is 0 Å². The van der Waals surface area contributed by atoms with Crippen LogP contribution in [0.1, 0.15) is 16.1 Å². The van der Waals surface area contributed by atoms with Crippen LogP contribution in [0.25, 0.3) is 0 Å². The Hall–Kier alpha value is -2.23. The van der Waals surface area contributed by atoms with E-state index in [1.54, 1.807) is 12.3 Å². The first-order valence-electron chi connectivity index (χ1n) is 6.27. The molecular weight excluding hydrogens is 338 g/mol. The molecule has 0 fully saturated rings. The number of hydrogen-bond donors (Lipinski definition) is 1. The lowest BCUT2D eigenvalue weighted by molar-refractivity contribution is -0.148. The fourth-order valence-electron chi connectivity index (χ4n) is 1.51. The third-order valence-corrected chi connectivity index (χ3v) is 3.44. The minimum absolute atomic E-state index is 0.228. The molecule has 0 atom stereocenters. The zero-order valence-electron chi connectivity index (χ0n) is 11.7. The summed E-state index contributed by atoms with van der Waals surface area (Å²) in [5.74, 6) is -5.02. The fourth-order valence-corrected chi connectivity index (χ4v) is 2.20. The number of aryl methyl sites for hydroxylation is 1. The summed E-state index contributed by atoms with van der Waals surface area (Å²) in [7, 11) is 0. The van der Waals surface area contributed by atoms with Gasteiger partial charge in [-0.2, -0.15) is 13.2 Å². The topological polar surface area (TPSA) is 64.1 Å². The van der Waals surface area contributed by atoms with Crippen LogP contribution in [0, 0.1) is 6.92 Å². The van der Waals surface area contributed by atoms with E-state index < -0.39 is 24.9 Å². The maximum absolute atomic E-state index is 12.8. The van der Waals surface area contributed by atoms with Crippen LogP contribution < -0.4 is 10.1 Å². The number of halogens is 4. The average Bonchev–Trinajstić information content (AvgIpc) is 2.92. The van der Waals surface area contributed by atoms with Crippen molar-refractivity contribution in [2.45, 2.75) is 19.3 Å². The smallest absolute Gasteiger partial charge is 0.340 e. The number of alkyl halides is 4. The molecule has 0 saturated carbocycles. The van der Waals surface area contributed by atoms with Gasteiger partial charge in [-0.25, -0.2) is 13.8 Å². The van der Waals surface area contributed by atoms with Crippen LogP contribution in [-0.2, 0) is 0 Å². The molecule has 5 nitrogen and oxygen atoms in total. The summed E-state index contributed by atoms with van der Waals surface area (Å²) in [6.07, 6.45) is -2.64. The van der Waals surface area contributed by atoms with E-state index in [4.69, 9.17) is 0 Å². The molecule has 1 N–H and O–H groups in total. The van der Waals surface area contributed by atoms with Crippen LogP contribution in [0.5, 0.6) is 5.88 Å². The number of rotatable bonds is 6. The van der Waals surface area contributed by atoms with E-state index in [1.807, 2.05) is 0 Å². The Morgan fingerprint density at radius 3 is 2.83 bits per heavy atom. The fraction of sp³-hybridized carbons (Fsp3) is 0.308. The van der Waals surface area contributed by atoms with Crippen molar-refractivity contribution in [1.82, 2.24) is 9.36 Å². The number of nitrogens with one attached hydrogen (secondary N) is 1. The molecule has 23 heavy (non-hydrogen) atoms. The summed E-state index contributed by atoms with van der Waals surface area (Å²) in [5, 5.41) is 4.08. The van der Waals surface area contributed by atoms with E-state index in [1.165, 1.54) is 12.3 Å². The van der Waals surface area contributed by atoms with Gasteiger partial charge in [0.25, 0.3) is 5.91 Å². The molecular formula is C13H11F4N3O2S. The molecule has 2 aromatic rings. The van der Waals surface area contributed by atoms with E-state index in [0.29, 0.717) is 11.3 Å². The standard InChI is InChI=1S/C13H11F4N3O2S/c1-7-9(5-23-20-7)11(21)19-8-2-3-18-10(4-8)22-6-13(16,17)12(14)15/h2-5,12H,6H2,1H3,(H,18,19,21). The van der Waals surface area contributed by atoms with Gasteiger partial charge in [0.15, 0.2) is 6.61 Å². The van der Waals surface area contributed by atoms with Crippen molar-refractivity contribution < 1.29 is 27.1 Å². The Balaban J connectivity index is 2.03. The average molecular weight is 349 g/mol. The first-order chi connectivity index (χ1) is 10.8. The van der Waals surface area contributed by atoms with Gasteiger partial charge < -0.3 is 10.1 Å². The zero-order valence-corrected chi connectivity index (χ0v) is 12.5. The summed E-state index contributed by atoms with van der Waals surface area (Å²) in [4.78, 5) is 15.6. The number of carbonyl (C=O) groups excluding carboxylic acids is 1. The molecule has 1 amide bonds. The maximum Gasteiger partial charge on any atom is 0.340 e. The van der Waals surface area contributed by atoms with Crippen molar-refractivity contribution >= 4 is 23.1 Å². The van der Waals surface area contributed by atoms with Crippen molar-refractivity contribution in [1.29, 1.82) is 0 Å². The van der Waals surface area contributed by atoms with E-state index in [-0.39, 0.29) is 11.6 Å². The van der Waals surface area contributed by atoms with Gasteiger partial charge in [0.2, 0.25) is 5.88 Å². The number of nitrogens with zero attached hydrogens (tertiary/aromatic N) is 2. The minimum atomic E-state index is -4.28. The Bertz CT molecular complexity index is 693. The maximum atomic E-state index is 12.8. The number of amides is 1. The van der Waals surface area contributed by atoms with Gasteiger partial charge in [0.1, 0.15) is 0 Å². The molecule has 0 aliphatic carbocycles. The number of anilines is 1. The Morgan fingerprint density at radius 1 is 1.48 bits per heavy atom. The highest BCUT2D eigenvalue weighted by Gasteiger charge is 2.41. The van der Waals surface area contributed by atoms with E-state index in [9.17, 15) is 22.4 Å². The van der Waals surface area contributed by atoms with Gasteiger partial charge in [-0.15, -0.1) is 0 Å². The van der Waals surface area contributed by atoms with Crippen molar-refractivity contribution in [3.05, 3.63) is 35.0 Å². The lowest BCUT2D eigenvalue weighted by atomic mass is 10.2. The number of aromatic nitrogens is 2. The van der Waals surface area contributed by atoms with E-state index in [0.717, 1.165) is 17.6 Å². The Kier molecular flexibility index (Phi) is 5.14. The number of ether oxygens (including phenoxy) is 1. The predicted molar refractivity (Wildman–Crippen MR) is 75.5 cm³/mol. The predicted octanol–water partition coefficient (Wildman–Crippen LogP) is 3.38. The monoisotopic (exact) mass is 349 g/mol. The van der Waals surface area contributed by atoms with Gasteiger partial charge in [-0.1, -0.05) is 0 Å². The van der Waals surface area contributed by atoms with E-state index in [2.05, 4.69) is 19.4 Å². The van der Waals surface area contributed by atoms with Crippen molar-refractivity contribution in [2.75, 3.05) is 11.9 Å². The lowest BCUT2D eigenvalue weighted by Gasteiger charge is -2.15. The van der Waals surface area contributed by atoms with Gasteiger partial charge >= 0.3 is 12.3 Å². The van der Waals surface area contributed by atoms with Crippen LogP contribution in [0.4, 0.5) is 23.2 Å². The molecule has 0 unspecified atom stereocenters. The number of pyridine rings is 1. The summed E-state index contributed by atoms with van der Waals surface area (Å²) >= 11 is 1.12. The zero-order chi connectivity index (χ0) is 17.0. The van der Waals surface area contributed by atoms with Gasteiger partial charge in [0.05, 0.1) is 11.3 Å². The summed E-state index contributed by atoms with van der Waals surface area (Å²) in [5.41, 5.74) is 1.15. The second-order valence-corrected chi connectivity index (χ2v) is 5.13. The second kappa shape index (κ2) is 6.90. The molecule has 0 bridgehead atoms. The Morgan fingerprint density at radius 2 is 2.22 bits per heavy atom. The van der Waals surface area contributed by atoms with Crippen molar-refractivity contribution in [2.24, 2.45) is 0 Å². The first kappa shape index (κ1) is 17.1. The van der Waals surface area contributed by atoms with Gasteiger partial charge in [-0.05, 0) is 24.5 Å². The molecule has 2 rings (SSSR count).